The number of hydrogen-bond acceptors (Lipinski definition) is 6. The average molecular weight is 549 g/mol. The minimum absolute atomic E-state index is 0.113. The molecule has 1 rings (SSSR count). The van der Waals surface area contributed by atoms with Crippen molar-refractivity contribution < 1.29 is 32.2 Å². The molecule has 1 amide bonds. The zero-order chi connectivity index (χ0) is 27.9. The Balaban J connectivity index is 3.62. The Labute approximate surface area is 218 Å². The van der Waals surface area contributed by atoms with E-state index < -0.39 is 48.4 Å². The molecular formula is C25H39F3N2O4SSi. The van der Waals surface area contributed by atoms with Crippen LogP contribution >= 0.6 is 11.8 Å². The molecule has 0 saturated carbocycles. The fourth-order valence-corrected chi connectivity index (χ4v) is 4.49. The molecule has 1 aromatic carbocycles. The maximum absolute atomic E-state index is 14.7. The average Bonchev–Trinajstić information content (AvgIpc) is 2.72. The zero-order valence-corrected chi connectivity index (χ0v) is 24.5. The summed E-state index contributed by atoms with van der Waals surface area (Å²) in [6.07, 6.45) is -0.174. The third-order valence-corrected chi connectivity index (χ3v) is 7.65. The smallest absolute Gasteiger partial charge is 0.418 e. The molecule has 36 heavy (non-hydrogen) atoms. The van der Waals surface area contributed by atoms with Gasteiger partial charge in [-0.1, -0.05) is 43.5 Å². The highest BCUT2D eigenvalue weighted by Crippen LogP contribution is 2.34. The van der Waals surface area contributed by atoms with E-state index in [1.165, 1.54) is 19.1 Å². The van der Waals surface area contributed by atoms with Crippen LogP contribution in [0.15, 0.2) is 23.2 Å². The minimum Gasteiger partial charge on any atom is -0.443 e. The number of halogens is 3. The molecule has 0 radical (unpaired) electrons. The molecule has 0 fully saturated rings. The number of carbonyl (C=O) groups is 2. The number of alkyl halides is 1. The molecule has 0 bridgehead atoms. The molecule has 0 unspecified atom stereocenters. The molecule has 0 saturated heterocycles. The van der Waals surface area contributed by atoms with E-state index in [-0.39, 0.29) is 17.5 Å². The summed E-state index contributed by atoms with van der Waals surface area (Å²) in [5.74, 6) is -2.39. The van der Waals surface area contributed by atoms with Gasteiger partial charge in [0.15, 0.2) is 16.8 Å². The first kappa shape index (κ1) is 32.2. The van der Waals surface area contributed by atoms with Crippen LogP contribution in [0, 0.1) is 11.6 Å². The number of ether oxygens (including phenoxy) is 2. The van der Waals surface area contributed by atoms with Crippen LogP contribution in [0.4, 0.5) is 18.0 Å². The van der Waals surface area contributed by atoms with E-state index in [1.807, 2.05) is 0 Å². The Bertz CT molecular complexity index is 948. The van der Waals surface area contributed by atoms with Crippen LogP contribution in [-0.2, 0) is 19.8 Å². The second-order valence-electron chi connectivity index (χ2n) is 11.5. The summed E-state index contributed by atoms with van der Waals surface area (Å²) >= 11 is 0.873. The third kappa shape index (κ3) is 10.3. The van der Waals surface area contributed by atoms with Gasteiger partial charge < -0.3 is 14.3 Å². The molecule has 0 aromatic heterocycles. The van der Waals surface area contributed by atoms with Crippen LogP contribution in [0.5, 0.6) is 0 Å². The van der Waals surface area contributed by atoms with Crippen LogP contribution in [0.1, 0.15) is 47.1 Å². The van der Waals surface area contributed by atoms with E-state index in [0.29, 0.717) is 12.9 Å². The molecule has 0 aliphatic carbocycles. The molecule has 0 aliphatic heterocycles. The molecular weight excluding hydrogens is 509 g/mol. The summed E-state index contributed by atoms with van der Waals surface area (Å²) in [4.78, 5) is 30.4. The number of carbonyl (C=O) groups excluding carboxylic acids is 2. The van der Waals surface area contributed by atoms with Crippen molar-refractivity contribution in [3.05, 3.63) is 35.4 Å². The second kappa shape index (κ2) is 12.6. The van der Waals surface area contributed by atoms with Gasteiger partial charge in [0.1, 0.15) is 30.8 Å². The van der Waals surface area contributed by atoms with E-state index in [9.17, 15) is 22.8 Å². The Morgan fingerprint density at radius 3 is 2.25 bits per heavy atom. The lowest BCUT2D eigenvalue weighted by Gasteiger charge is -2.32. The van der Waals surface area contributed by atoms with Gasteiger partial charge in [-0.25, -0.2) is 27.9 Å². The van der Waals surface area contributed by atoms with Crippen LogP contribution in [0.2, 0.25) is 25.7 Å². The molecule has 0 aliphatic rings. The summed E-state index contributed by atoms with van der Waals surface area (Å²) < 4.78 is 53.3. The first-order chi connectivity index (χ1) is 16.3. The van der Waals surface area contributed by atoms with Crippen LogP contribution in [0.25, 0.3) is 0 Å². The van der Waals surface area contributed by atoms with Gasteiger partial charge in [0.25, 0.3) is 0 Å². The van der Waals surface area contributed by atoms with Crippen molar-refractivity contribution in [2.75, 3.05) is 20.0 Å². The SMILES string of the molecule is CC(C)(C)OC(=O)N(COCC[Si](C)(C)C)/C(=N/[C@](C)(CF)c1cccc(F)c1F)SC(C)(C)C=O. The topological polar surface area (TPSA) is 68.2 Å². The number of amides is 1. The molecule has 0 heterocycles. The monoisotopic (exact) mass is 548 g/mol. The number of aliphatic imine (C=N–C) groups is 1. The van der Waals surface area contributed by atoms with Gasteiger partial charge >= 0.3 is 6.09 Å². The number of thioether (sulfide) groups is 1. The van der Waals surface area contributed by atoms with Gasteiger partial charge in [0.2, 0.25) is 0 Å². The lowest BCUT2D eigenvalue weighted by atomic mass is 9.93. The van der Waals surface area contributed by atoms with Gasteiger partial charge in [-0.2, -0.15) is 0 Å². The molecule has 0 spiro atoms. The fraction of sp³-hybridized carbons (Fsp3) is 0.640. The van der Waals surface area contributed by atoms with Crippen LogP contribution in [0.3, 0.4) is 0 Å². The van der Waals surface area contributed by atoms with E-state index in [4.69, 9.17) is 9.47 Å². The maximum atomic E-state index is 14.7. The van der Waals surface area contributed by atoms with E-state index in [1.54, 1.807) is 34.6 Å². The second-order valence-corrected chi connectivity index (χ2v) is 18.7. The van der Waals surface area contributed by atoms with Crippen molar-refractivity contribution in [1.82, 2.24) is 4.90 Å². The van der Waals surface area contributed by atoms with Crippen molar-refractivity contribution in [1.29, 1.82) is 0 Å². The third-order valence-electron chi connectivity index (χ3n) is 4.83. The lowest BCUT2D eigenvalue weighted by Crippen LogP contribution is -2.44. The van der Waals surface area contributed by atoms with Crippen molar-refractivity contribution in [3.8, 4) is 0 Å². The summed E-state index contributed by atoms with van der Waals surface area (Å²) in [5, 5.41) is -0.113. The van der Waals surface area contributed by atoms with Crippen LogP contribution < -0.4 is 0 Å². The highest BCUT2D eigenvalue weighted by atomic mass is 32.2. The van der Waals surface area contributed by atoms with Crippen molar-refractivity contribution in [2.24, 2.45) is 4.99 Å². The van der Waals surface area contributed by atoms with Gasteiger partial charge in [-0.15, -0.1) is 0 Å². The molecule has 0 N–H and O–H groups in total. The van der Waals surface area contributed by atoms with E-state index in [0.717, 1.165) is 28.8 Å². The van der Waals surface area contributed by atoms with Crippen LogP contribution in [-0.4, -0.2) is 60.9 Å². The summed E-state index contributed by atoms with van der Waals surface area (Å²) in [7, 11) is -1.43. The fourth-order valence-electron chi connectivity index (χ4n) is 2.73. The van der Waals surface area contributed by atoms with Gasteiger partial charge in [0, 0.05) is 20.2 Å². The summed E-state index contributed by atoms with van der Waals surface area (Å²) in [6.45, 7) is 14.9. The summed E-state index contributed by atoms with van der Waals surface area (Å²) in [5.41, 5.74) is -3.09. The Morgan fingerprint density at radius 2 is 1.75 bits per heavy atom. The number of hydrogen-bond donors (Lipinski definition) is 0. The molecule has 6 nitrogen and oxygen atoms in total. The highest BCUT2D eigenvalue weighted by molar-refractivity contribution is 8.15. The first-order valence-corrected chi connectivity index (χ1v) is 16.2. The van der Waals surface area contributed by atoms with Gasteiger partial charge in [-0.05, 0) is 53.7 Å². The van der Waals surface area contributed by atoms with Gasteiger partial charge in [0.05, 0.1) is 4.75 Å². The number of amidine groups is 1. The largest absolute Gasteiger partial charge is 0.443 e. The predicted molar refractivity (Wildman–Crippen MR) is 142 cm³/mol. The van der Waals surface area contributed by atoms with Crippen molar-refractivity contribution in [2.45, 2.75) is 83.1 Å². The minimum atomic E-state index is -1.90. The Hall–Kier alpha value is -1.85. The summed E-state index contributed by atoms with van der Waals surface area (Å²) in [6, 6.07) is 4.23. The number of nitrogens with zero attached hydrogens (tertiary/aromatic N) is 2. The highest BCUT2D eigenvalue weighted by Gasteiger charge is 2.37. The van der Waals surface area contributed by atoms with E-state index >= 15 is 0 Å². The van der Waals surface area contributed by atoms with Crippen molar-refractivity contribution in [3.63, 3.8) is 0 Å². The maximum Gasteiger partial charge on any atom is 0.418 e. The Kier molecular flexibility index (Phi) is 11.3. The predicted octanol–water partition coefficient (Wildman–Crippen LogP) is 6.77. The Morgan fingerprint density at radius 1 is 1.14 bits per heavy atom. The lowest BCUT2D eigenvalue weighted by molar-refractivity contribution is -0.109. The van der Waals surface area contributed by atoms with Gasteiger partial charge in [-0.3, -0.25) is 0 Å². The number of rotatable bonds is 10. The number of aldehydes is 1. The molecule has 1 aromatic rings. The molecule has 204 valence electrons. The van der Waals surface area contributed by atoms with E-state index in [2.05, 4.69) is 24.6 Å². The quantitative estimate of drug-likeness (QED) is 0.0806. The molecule has 1 atom stereocenters. The normalized spacial score (nSPS) is 14.8. The standard InChI is InChI=1S/C25H39F3N2O4SSi/c1-23(2,3)34-22(32)30(17-33-13-14-36(7,8)9)21(35-24(4,5)16-31)29-25(6,15-26)18-11-10-12-19(27)20(18)28/h10-12,16H,13-15,17H2,1-9H3/b29-21-/t25-/m1/s1. The molecule has 11 heteroatoms. The van der Waals surface area contributed by atoms with Crippen molar-refractivity contribution >= 4 is 37.4 Å². The zero-order valence-electron chi connectivity index (χ0n) is 22.7. The first-order valence-electron chi connectivity index (χ1n) is 11.7. The number of benzene rings is 1.